The van der Waals surface area contributed by atoms with Crippen molar-refractivity contribution < 1.29 is 17.7 Å². The zero-order valence-electron chi connectivity index (χ0n) is 13.5. The number of rotatable bonds is 3. The fraction of sp³-hybridized carbons (Fsp3) is 0.286. The molecule has 0 aliphatic carbocycles. The fourth-order valence-corrected chi connectivity index (χ4v) is 3.89. The van der Waals surface area contributed by atoms with Gasteiger partial charge in [0.1, 0.15) is 11.8 Å². The number of carbonyl (C=O) groups excluding carboxylic acids is 1. The van der Waals surface area contributed by atoms with E-state index in [-0.39, 0.29) is 17.4 Å². The molecule has 0 spiro atoms. The first kappa shape index (κ1) is 16.9. The third kappa shape index (κ3) is 3.18. The van der Waals surface area contributed by atoms with E-state index >= 15 is 0 Å². The fourth-order valence-electron chi connectivity index (χ4n) is 2.43. The minimum Gasteiger partial charge on any atom is -0.369 e. The molecular weight excluding hydrogens is 348 g/mol. The van der Waals surface area contributed by atoms with Gasteiger partial charge in [-0.05, 0) is 13.0 Å². The molecule has 3 heterocycles. The Balaban J connectivity index is 1.92. The molecule has 11 heteroatoms. The highest BCUT2D eigenvalue weighted by Crippen LogP contribution is 2.32. The van der Waals surface area contributed by atoms with E-state index in [1.807, 2.05) is 0 Å². The van der Waals surface area contributed by atoms with E-state index in [0.717, 1.165) is 4.31 Å². The van der Waals surface area contributed by atoms with Crippen molar-refractivity contribution in [3.05, 3.63) is 42.0 Å². The van der Waals surface area contributed by atoms with Gasteiger partial charge in [0.25, 0.3) is 5.91 Å². The average Bonchev–Trinajstić information content (AvgIpc) is 3.07. The topological polar surface area (TPSA) is 144 Å². The molecule has 1 aliphatic heterocycles. The van der Waals surface area contributed by atoms with Crippen molar-refractivity contribution in [1.82, 2.24) is 14.4 Å². The summed E-state index contributed by atoms with van der Waals surface area (Å²) in [4.78, 5) is 20.4. The van der Waals surface area contributed by atoms with Crippen molar-refractivity contribution in [3.63, 3.8) is 0 Å². The second-order valence-electron chi connectivity index (χ2n) is 5.77. The van der Waals surface area contributed by atoms with Crippen molar-refractivity contribution in [2.75, 3.05) is 18.1 Å². The van der Waals surface area contributed by atoms with Gasteiger partial charge in [0.2, 0.25) is 16.0 Å². The molecule has 0 unspecified atom stereocenters. The number of nitrogens with one attached hydrogen (secondary N) is 1. The Morgan fingerprint density at radius 1 is 1.44 bits per heavy atom. The second kappa shape index (κ2) is 5.84. The number of guanidine groups is 1. The second-order valence-corrected chi connectivity index (χ2v) is 7.77. The summed E-state index contributed by atoms with van der Waals surface area (Å²) in [5.41, 5.74) is 5.61. The highest BCUT2D eigenvalue weighted by molar-refractivity contribution is 7.89. The lowest BCUT2D eigenvalue weighted by Crippen LogP contribution is -2.50. The van der Waals surface area contributed by atoms with Gasteiger partial charge in [0, 0.05) is 24.9 Å². The normalized spacial score (nSPS) is 22.3. The molecule has 0 fully saturated rings. The zero-order valence-corrected chi connectivity index (χ0v) is 14.3. The van der Waals surface area contributed by atoms with E-state index in [1.165, 1.54) is 31.8 Å². The number of hydrogen-bond donors (Lipinski definition) is 2. The van der Waals surface area contributed by atoms with Crippen LogP contribution in [-0.2, 0) is 15.6 Å². The van der Waals surface area contributed by atoms with Crippen molar-refractivity contribution in [1.29, 1.82) is 0 Å². The van der Waals surface area contributed by atoms with Gasteiger partial charge in [-0.2, -0.15) is 0 Å². The van der Waals surface area contributed by atoms with Crippen LogP contribution in [0.15, 0.2) is 40.3 Å². The van der Waals surface area contributed by atoms with Crippen LogP contribution in [0.2, 0.25) is 0 Å². The predicted molar refractivity (Wildman–Crippen MR) is 89.2 cm³/mol. The van der Waals surface area contributed by atoms with Gasteiger partial charge in [-0.25, -0.2) is 17.7 Å². The largest absolute Gasteiger partial charge is 0.369 e. The molecule has 0 radical (unpaired) electrons. The van der Waals surface area contributed by atoms with Gasteiger partial charge >= 0.3 is 0 Å². The summed E-state index contributed by atoms with van der Waals surface area (Å²) in [5.74, 6) is -0.845. The van der Waals surface area contributed by atoms with Crippen LogP contribution in [0.3, 0.4) is 0 Å². The van der Waals surface area contributed by atoms with Crippen LogP contribution in [0.4, 0.5) is 5.69 Å². The van der Waals surface area contributed by atoms with Gasteiger partial charge < -0.3 is 15.6 Å². The number of carbonyl (C=O) groups is 1. The number of pyridine rings is 1. The van der Waals surface area contributed by atoms with Gasteiger partial charge in [-0.3, -0.25) is 9.78 Å². The van der Waals surface area contributed by atoms with E-state index in [0.29, 0.717) is 11.3 Å². The number of aliphatic imine (C=N–C) groups is 1. The minimum atomic E-state index is -3.60. The van der Waals surface area contributed by atoms with Crippen molar-refractivity contribution in [2.45, 2.75) is 12.5 Å². The number of nitrogens with two attached hydrogens (primary N) is 1. The monoisotopic (exact) mass is 364 g/mol. The predicted octanol–water partition coefficient (Wildman–Crippen LogP) is 0.127. The van der Waals surface area contributed by atoms with Gasteiger partial charge in [-0.1, -0.05) is 5.16 Å². The quantitative estimate of drug-likeness (QED) is 0.787. The Bertz CT molecular complexity index is 940. The van der Waals surface area contributed by atoms with Gasteiger partial charge in [-0.15, -0.1) is 0 Å². The minimum absolute atomic E-state index is 0.106. The van der Waals surface area contributed by atoms with Crippen LogP contribution in [-0.4, -0.2) is 47.5 Å². The number of hydrogen-bond acceptors (Lipinski definition) is 8. The van der Waals surface area contributed by atoms with Crippen molar-refractivity contribution >= 4 is 27.6 Å². The Hall–Kier alpha value is -2.95. The number of anilines is 1. The highest BCUT2D eigenvalue weighted by Gasteiger charge is 2.40. The molecule has 2 aromatic heterocycles. The Kier molecular flexibility index (Phi) is 3.95. The number of sulfonamides is 1. The lowest BCUT2D eigenvalue weighted by atomic mass is 9.96. The SMILES string of the molecule is CN1C(N)=N[C@](C)(c2cncc(NC(=O)c3ccon3)c2)CS1(=O)=O. The molecular formula is C14H16N6O4S. The summed E-state index contributed by atoms with van der Waals surface area (Å²) < 4.78 is 30.1. The lowest BCUT2D eigenvalue weighted by Gasteiger charge is -2.34. The Morgan fingerprint density at radius 3 is 2.84 bits per heavy atom. The summed E-state index contributed by atoms with van der Waals surface area (Å²) in [6.07, 6.45) is 4.20. The maximum absolute atomic E-state index is 12.3. The van der Waals surface area contributed by atoms with Crippen molar-refractivity contribution in [2.24, 2.45) is 10.7 Å². The average molecular weight is 364 g/mol. The first-order chi connectivity index (χ1) is 11.7. The third-order valence-electron chi connectivity index (χ3n) is 3.85. The van der Waals surface area contributed by atoms with Crippen LogP contribution < -0.4 is 11.1 Å². The Morgan fingerprint density at radius 2 is 2.20 bits per heavy atom. The molecule has 0 aromatic carbocycles. The van der Waals surface area contributed by atoms with Crippen LogP contribution in [0, 0.1) is 0 Å². The van der Waals surface area contributed by atoms with Gasteiger partial charge in [0.05, 0.1) is 17.6 Å². The summed E-state index contributed by atoms with van der Waals surface area (Å²) in [6, 6.07) is 3.02. The molecule has 3 N–H and O–H groups in total. The van der Waals surface area contributed by atoms with E-state index in [2.05, 4.69) is 25.0 Å². The number of amides is 1. The molecule has 2 aromatic rings. The first-order valence-corrected chi connectivity index (χ1v) is 8.81. The standard InChI is InChI=1S/C14H16N6O4S/c1-14(8-25(22,23)20(2)13(15)18-14)9-5-10(7-16-6-9)17-12(21)11-3-4-24-19-11/h3-7H,8H2,1-2H3,(H2,15,18)(H,17,21)/t14-/m0/s1. The van der Waals surface area contributed by atoms with E-state index in [1.54, 1.807) is 13.0 Å². The van der Waals surface area contributed by atoms with E-state index in [9.17, 15) is 13.2 Å². The maximum Gasteiger partial charge on any atom is 0.277 e. The first-order valence-electron chi connectivity index (χ1n) is 7.20. The highest BCUT2D eigenvalue weighted by atomic mass is 32.2. The molecule has 0 bridgehead atoms. The lowest BCUT2D eigenvalue weighted by molar-refractivity contribution is 0.101. The van der Waals surface area contributed by atoms with Crippen LogP contribution >= 0.6 is 0 Å². The summed E-state index contributed by atoms with van der Waals surface area (Å²) in [5, 5.41) is 6.16. The summed E-state index contributed by atoms with van der Waals surface area (Å²) in [6.45, 7) is 1.64. The maximum atomic E-state index is 12.3. The van der Waals surface area contributed by atoms with Gasteiger partial charge in [0.15, 0.2) is 5.69 Å². The molecule has 1 atom stereocenters. The molecule has 132 valence electrons. The smallest absolute Gasteiger partial charge is 0.277 e. The van der Waals surface area contributed by atoms with Crippen LogP contribution in [0.25, 0.3) is 0 Å². The molecule has 1 aliphatic rings. The van der Waals surface area contributed by atoms with Crippen molar-refractivity contribution in [3.8, 4) is 0 Å². The molecule has 25 heavy (non-hydrogen) atoms. The van der Waals surface area contributed by atoms with Crippen LogP contribution in [0.1, 0.15) is 23.0 Å². The molecule has 10 nitrogen and oxygen atoms in total. The summed E-state index contributed by atoms with van der Waals surface area (Å²) in [7, 11) is -2.25. The zero-order chi connectivity index (χ0) is 18.2. The van der Waals surface area contributed by atoms with Crippen LogP contribution in [0.5, 0.6) is 0 Å². The molecule has 3 rings (SSSR count). The third-order valence-corrected chi connectivity index (χ3v) is 5.80. The Labute approximate surface area is 143 Å². The van der Waals surface area contributed by atoms with E-state index in [4.69, 9.17) is 5.73 Å². The summed E-state index contributed by atoms with van der Waals surface area (Å²) >= 11 is 0. The number of aromatic nitrogens is 2. The molecule has 0 saturated carbocycles. The number of nitrogens with zero attached hydrogens (tertiary/aromatic N) is 4. The molecule has 1 amide bonds. The van der Waals surface area contributed by atoms with E-state index < -0.39 is 21.5 Å². The molecule has 0 saturated heterocycles.